The highest BCUT2D eigenvalue weighted by Gasteiger charge is 2.31. The number of allylic oxidation sites excluding steroid dienone is 1. The molecule has 7 heteroatoms. The Morgan fingerprint density at radius 2 is 2.17 bits per heavy atom. The minimum absolute atomic E-state index is 0.0724. The van der Waals surface area contributed by atoms with Gasteiger partial charge in [-0.3, -0.25) is 14.6 Å². The number of rotatable bonds is 5. The first-order valence-electron chi connectivity index (χ1n) is 8.03. The van der Waals surface area contributed by atoms with E-state index >= 15 is 0 Å². The van der Waals surface area contributed by atoms with Crippen LogP contribution in [0.15, 0.2) is 24.9 Å². The van der Waals surface area contributed by atoms with E-state index in [2.05, 4.69) is 27.2 Å². The number of carbonyl (C=O) groups excluding carboxylic acids is 2. The highest BCUT2D eigenvalue weighted by Crippen LogP contribution is 2.28. The van der Waals surface area contributed by atoms with Gasteiger partial charge in [-0.25, -0.2) is 4.98 Å². The smallest absolute Gasteiger partial charge is 0.253 e. The lowest BCUT2D eigenvalue weighted by molar-refractivity contribution is -0.117. The lowest BCUT2D eigenvalue weighted by atomic mass is 10.1. The molecule has 2 aliphatic rings. The van der Waals surface area contributed by atoms with E-state index in [9.17, 15) is 9.59 Å². The first-order valence-corrected chi connectivity index (χ1v) is 8.03. The van der Waals surface area contributed by atoms with Crippen molar-refractivity contribution in [3.63, 3.8) is 0 Å². The molecule has 1 aliphatic heterocycles. The fraction of sp³-hybridized carbons (Fsp3) is 0.412. The molecule has 1 fully saturated rings. The molecule has 24 heavy (non-hydrogen) atoms. The fourth-order valence-electron chi connectivity index (χ4n) is 2.77. The van der Waals surface area contributed by atoms with Gasteiger partial charge in [-0.05, 0) is 19.9 Å². The molecule has 0 saturated carbocycles. The van der Waals surface area contributed by atoms with Gasteiger partial charge in [0.25, 0.3) is 5.91 Å². The summed E-state index contributed by atoms with van der Waals surface area (Å²) in [7, 11) is 0. The standard InChI is InChI=1S/C17H21N5O2/c1-4-15(23)20-11-8-22(9-11)14-7-18-13-6-5-12(16(13)21-14)17(24)19-10(2)3/h4-5,7,10-11H,1,6,8-9H2,2-3H3,(H,19,24)(H,20,23). The minimum atomic E-state index is -0.171. The van der Waals surface area contributed by atoms with Crippen LogP contribution in [0.5, 0.6) is 0 Å². The highest BCUT2D eigenvalue weighted by molar-refractivity contribution is 6.20. The van der Waals surface area contributed by atoms with Crippen molar-refractivity contribution in [2.75, 3.05) is 18.0 Å². The Hall–Kier alpha value is -2.70. The summed E-state index contributed by atoms with van der Waals surface area (Å²) in [6.45, 7) is 8.63. The van der Waals surface area contributed by atoms with Crippen molar-refractivity contribution in [1.82, 2.24) is 20.6 Å². The number of anilines is 1. The SMILES string of the molecule is C=CC(=O)NC1CN(c2cnc3c(n2)C(C(=O)NC(C)C)=CC3)C1. The second-order valence-corrected chi connectivity index (χ2v) is 6.29. The summed E-state index contributed by atoms with van der Waals surface area (Å²) in [5, 5.41) is 5.74. The Balaban J connectivity index is 1.69. The summed E-state index contributed by atoms with van der Waals surface area (Å²) in [6, 6.07) is 0.160. The Kier molecular flexibility index (Phi) is 4.33. The number of nitrogens with zero attached hydrogens (tertiary/aromatic N) is 3. The predicted molar refractivity (Wildman–Crippen MR) is 91.3 cm³/mol. The molecule has 3 rings (SSSR count). The van der Waals surface area contributed by atoms with E-state index in [1.165, 1.54) is 6.08 Å². The first kappa shape index (κ1) is 16.2. The van der Waals surface area contributed by atoms with Crippen LogP contribution >= 0.6 is 0 Å². The van der Waals surface area contributed by atoms with Gasteiger partial charge in [-0.1, -0.05) is 12.7 Å². The summed E-state index contributed by atoms with van der Waals surface area (Å²) >= 11 is 0. The van der Waals surface area contributed by atoms with Crippen molar-refractivity contribution < 1.29 is 9.59 Å². The van der Waals surface area contributed by atoms with Gasteiger partial charge >= 0.3 is 0 Å². The summed E-state index contributed by atoms with van der Waals surface area (Å²) in [4.78, 5) is 34.6. The van der Waals surface area contributed by atoms with E-state index in [1.54, 1.807) is 6.20 Å². The van der Waals surface area contributed by atoms with E-state index in [-0.39, 0.29) is 23.9 Å². The van der Waals surface area contributed by atoms with Gasteiger partial charge < -0.3 is 15.5 Å². The van der Waals surface area contributed by atoms with Crippen LogP contribution in [0.3, 0.4) is 0 Å². The molecule has 0 spiro atoms. The fourth-order valence-corrected chi connectivity index (χ4v) is 2.77. The van der Waals surface area contributed by atoms with Gasteiger partial charge in [-0.2, -0.15) is 0 Å². The Morgan fingerprint density at radius 3 is 2.83 bits per heavy atom. The van der Waals surface area contributed by atoms with Crippen LogP contribution in [-0.4, -0.2) is 47.0 Å². The summed E-state index contributed by atoms with van der Waals surface area (Å²) in [6.07, 6.45) is 5.49. The van der Waals surface area contributed by atoms with E-state index in [1.807, 2.05) is 24.8 Å². The Bertz CT molecular complexity index is 720. The van der Waals surface area contributed by atoms with Crippen LogP contribution in [0.2, 0.25) is 0 Å². The lowest BCUT2D eigenvalue weighted by Crippen LogP contribution is -2.59. The number of aromatic nitrogens is 2. The molecule has 0 unspecified atom stereocenters. The van der Waals surface area contributed by atoms with Crippen molar-refractivity contribution in [1.29, 1.82) is 0 Å². The molecule has 1 aliphatic carbocycles. The monoisotopic (exact) mass is 327 g/mol. The van der Waals surface area contributed by atoms with Crippen LogP contribution in [-0.2, 0) is 16.0 Å². The molecule has 2 N–H and O–H groups in total. The van der Waals surface area contributed by atoms with Crippen molar-refractivity contribution in [2.24, 2.45) is 0 Å². The lowest BCUT2D eigenvalue weighted by Gasteiger charge is -2.40. The molecule has 0 aromatic carbocycles. The number of hydrogen-bond donors (Lipinski definition) is 2. The van der Waals surface area contributed by atoms with Gasteiger partial charge in [0.1, 0.15) is 5.82 Å². The number of amides is 2. The zero-order valence-electron chi connectivity index (χ0n) is 13.9. The van der Waals surface area contributed by atoms with E-state index < -0.39 is 0 Å². The van der Waals surface area contributed by atoms with Crippen molar-refractivity contribution >= 4 is 23.2 Å². The van der Waals surface area contributed by atoms with Crippen molar-refractivity contribution in [3.8, 4) is 0 Å². The summed E-state index contributed by atoms with van der Waals surface area (Å²) in [5.41, 5.74) is 2.07. The zero-order chi connectivity index (χ0) is 17.3. The van der Waals surface area contributed by atoms with Crippen LogP contribution in [0.25, 0.3) is 5.57 Å². The van der Waals surface area contributed by atoms with Crippen LogP contribution < -0.4 is 15.5 Å². The van der Waals surface area contributed by atoms with E-state index in [4.69, 9.17) is 0 Å². The quantitative estimate of drug-likeness (QED) is 0.766. The molecular formula is C17H21N5O2. The third-order valence-corrected chi connectivity index (χ3v) is 3.99. The molecule has 1 aromatic heterocycles. The maximum absolute atomic E-state index is 12.3. The second kappa shape index (κ2) is 6.43. The maximum Gasteiger partial charge on any atom is 0.253 e. The number of nitrogens with one attached hydrogen (secondary N) is 2. The topological polar surface area (TPSA) is 87.2 Å². The summed E-state index contributed by atoms with van der Waals surface area (Å²) < 4.78 is 0. The van der Waals surface area contributed by atoms with Gasteiger partial charge in [-0.15, -0.1) is 0 Å². The number of carbonyl (C=O) groups is 2. The molecule has 0 bridgehead atoms. The normalized spacial score (nSPS) is 16.3. The Labute approximate surface area is 140 Å². The van der Waals surface area contributed by atoms with Gasteiger partial charge in [0.2, 0.25) is 5.91 Å². The van der Waals surface area contributed by atoms with Crippen LogP contribution in [0.4, 0.5) is 5.82 Å². The first-order chi connectivity index (χ1) is 11.5. The summed E-state index contributed by atoms with van der Waals surface area (Å²) in [5.74, 6) is 0.438. The van der Waals surface area contributed by atoms with Gasteiger partial charge in [0, 0.05) is 25.6 Å². The molecular weight excluding hydrogens is 306 g/mol. The Morgan fingerprint density at radius 1 is 1.42 bits per heavy atom. The molecule has 2 heterocycles. The molecule has 0 radical (unpaired) electrons. The van der Waals surface area contributed by atoms with Crippen LogP contribution in [0.1, 0.15) is 25.2 Å². The molecule has 2 amide bonds. The average Bonchev–Trinajstić information content (AvgIpc) is 2.92. The molecule has 7 nitrogen and oxygen atoms in total. The molecule has 1 saturated heterocycles. The van der Waals surface area contributed by atoms with Gasteiger partial charge in [0.05, 0.1) is 29.2 Å². The maximum atomic E-state index is 12.3. The molecule has 0 atom stereocenters. The van der Waals surface area contributed by atoms with Gasteiger partial charge in [0.15, 0.2) is 0 Å². The van der Waals surface area contributed by atoms with E-state index in [0.717, 1.165) is 11.5 Å². The van der Waals surface area contributed by atoms with Crippen molar-refractivity contribution in [3.05, 3.63) is 36.3 Å². The van der Waals surface area contributed by atoms with E-state index in [0.29, 0.717) is 30.8 Å². The third kappa shape index (κ3) is 3.15. The predicted octanol–water partition coefficient (Wildman–Crippen LogP) is 0.431. The highest BCUT2D eigenvalue weighted by atomic mass is 16.2. The largest absolute Gasteiger partial charge is 0.351 e. The third-order valence-electron chi connectivity index (χ3n) is 3.99. The average molecular weight is 327 g/mol. The van der Waals surface area contributed by atoms with Crippen molar-refractivity contribution in [2.45, 2.75) is 32.4 Å². The number of fused-ring (bicyclic) bond motifs is 1. The second-order valence-electron chi connectivity index (χ2n) is 6.29. The molecule has 1 aromatic rings. The zero-order valence-corrected chi connectivity index (χ0v) is 13.9. The molecule has 126 valence electrons. The minimum Gasteiger partial charge on any atom is -0.351 e. The van der Waals surface area contributed by atoms with Crippen LogP contribution in [0, 0.1) is 0 Å². The number of hydrogen-bond acceptors (Lipinski definition) is 5.